The van der Waals surface area contributed by atoms with Crippen molar-refractivity contribution in [2.24, 2.45) is 0 Å². The van der Waals surface area contributed by atoms with E-state index >= 15 is 0 Å². The molecule has 1 fully saturated rings. The molecule has 0 saturated carbocycles. The van der Waals surface area contributed by atoms with Gasteiger partial charge in [-0.3, -0.25) is 0 Å². The van der Waals surface area contributed by atoms with Gasteiger partial charge in [0, 0.05) is 26.2 Å². The van der Waals surface area contributed by atoms with Crippen molar-refractivity contribution < 1.29 is 21.2 Å². The van der Waals surface area contributed by atoms with Crippen molar-refractivity contribution >= 4 is 20.0 Å². The predicted molar refractivity (Wildman–Crippen MR) is 99.8 cm³/mol. The van der Waals surface area contributed by atoms with E-state index in [9.17, 15) is 21.2 Å². The van der Waals surface area contributed by atoms with Gasteiger partial charge in [-0.15, -0.1) is 0 Å². The first-order chi connectivity index (χ1) is 12.6. The van der Waals surface area contributed by atoms with E-state index < -0.39 is 25.9 Å². The molecule has 1 aliphatic heterocycles. The molecular formula is C18H21FN2O4S2. The molecule has 9 heteroatoms. The van der Waals surface area contributed by atoms with Crippen molar-refractivity contribution in [3.63, 3.8) is 0 Å². The maximum absolute atomic E-state index is 13.4. The quantitative estimate of drug-likeness (QED) is 0.771. The van der Waals surface area contributed by atoms with Crippen molar-refractivity contribution in [2.45, 2.75) is 23.6 Å². The van der Waals surface area contributed by atoms with E-state index in [2.05, 4.69) is 0 Å². The molecule has 0 atom stereocenters. The normalized spacial score (nSPS) is 17.1. The standard InChI is InChI=1S/C18H21FN2O4S2/c1-14-6-7-15(2)18(12-14)27(24,25)21-10-8-20(9-11-21)26(22,23)17-5-3-4-16(19)13-17/h3-7,12-13H,8-11H2,1-2H3. The van der Waals surface area contributed by atoms with Gasteiger partial charge in [-0.25, -0.2) is 21.2 Å². The van der Waals surface area contributed by atoms with Crippen LogP contribution >= 0.6 is 0 Å². The molecule has 146 valence electrons. The molecule has 27 heavy (non-hydrogen) atoms. The summed E-state index contributed by atoms with van der Waals surface area (Å²) < 4.78 is 67.1. The molecule has 0 aliphatic carbocycles. The van der Waals surface area contributed by atoms with Gasteiger partial charge in [0.25, 0.3) is 0 Å². The zero-order valence-corrected chi connectivity index (χ0v) is 16.7. The number of hydrogen-bond acceptors (Lipinski definition) is 4. The molecule has 0 radical (unpaired) electrons. The van der Waals surface area contributed by atoms with Crippen LogP contribution in [0, 0.1) is 19.7 Å². The van der Waals surface area contributed by atoms with Crippen molar-refractivity contribution in [3.05, 3.63) is 59.4 Å². The largest absolute Gasteiger partial charge is 0.243 e. The highest BCUT2D eigenvalue weighted by Crippen LogP contribution is 2.24. The van der Waals surface area contributed by atoms with E-state index in [1.54, 1.807) is 19.1 Å². The zero-order chi connectivity index (χ0) is 19.8. The molecule has 3 rings (SSSR count). The molecule has 2 aromatic rings. The molecule has 0 bridgehead atoms. The Hall–Kier alpha value is -1.81. The number of piperazine rings is 1. The number of rotatable bonds is 4. The van der Waals surface area contributed by atoms with Crippen molar-refractivity contribution in [2.75, 3.05) is 26.2 Å². The molecule has 0 spiro atoms. The summed E-state index contributed by atoms with van der Waals surface area (Å²) in [4.78, 5) is 0.109. The Kier molecular flexibility index (Phi) is 5.40. The fourth-order valence-electron chi connectivity index (χ4n) is 3.05. The van der Waals surface area contributed by atoms with E-state index in [0.717, 1.165) is 11.6 Å². The number of hydrogen-bond donors (Lipinski definition) is 0. The number of benzene rings is 2. The Labute approximate surface area is 159 Å². The second kappa shape index (κ2) is 7.31. The Morgan fingerprint density at radius 2 is 1.41 bits per heavy atom. The van der Waals surface area contributed by atoms with Crippen LogP contribution in [0.3, 0.4) is 0 Å². The lowest BCUT2D eigenvalue weighted by Crippen LogP contribution is -2.50. The molecule has 1 aliphatic rings. The van der Waals surface area contributed by atoms with Crippen LogP contribution in [0.1, 0.15) is 11.1 Å². The first-order valence-corrected chi connectivity index (χ1v) is 11.3. The van der Waals surface area contributed by atoms with Crippen molar-refractivity contribution in [1.82, 2.24) is 8.61 Å². The SMILES string of the molecule is Cc1ccc(C)c(S(=O)(=O)N2CCN(S(=O)(=O)c3cccc(F)c3)CC2)c1. The maximum Gasteiger partial charge on any atom is 0.243 e. The molecule has 0 N–H and O–H groups in total. The lowest BCUT2D eigenvalue weighted by atomic mass is 10.2. The highest BCUT2D eigenvalue weighted by Gasteiger charge is 2.34. The number of halogens is 1. The highest BCUT2D eigenvalue weighted by molar-refractivity contribution is 7.89. The Morgan fingerprint density at radius 3 is 2.00 bits per heavy atom. The number of nitrogens with zero attached hydrogens (tertiary/aromatic N) is 2. The second-order valence-corrected chi connectivity index (χ2v) is 10.4. The number of sulfonamides is 2. The van der Waals surface area contributed by atoms with Gasteiger partial charge in [0.2, 0.25) is 20.0 Å². The van der Waals surface area contributed by atoms with E-state index in [1.165, 1.54) is 26.8 Å². The molecular weight excluding hydrogens is 391 g/mol. The Bertz CT molecular complexity index is 1060. The second-order valence-electron chi connectivity index (χ2n) is 6.53. The first-order valence-electron chi connectivity index (χ1n) is 8.45. The van der Waals surface area contributed by atoms with Crippen LogP contribution in [-0.2, 0) is 20.0 Å². The summed E-state index contributed by atoms with van der Waals surface area (Å²) in [5.41, 5.74) is 1.49. The summed E-state index contributed by atoms with van der Waals surface area (Å²) in [6.45, 7) is 3.68. The van der Waals surface area contributed by atoms with Crippen molar-refractivity contribution in [1.29, 1.82) is 0 Å². The van der Waals surface area contributed by atoms with Gasteiger partial charge in [0.15, 0.2) is 0 Å². The third-order valence-corrected chi connectivity index (χ3v) is 8.53. The summed E-state index contributed by atoms with van der Waals surface area (Å²) in [5.74, 6) is -0.632. The fraction of sp³-hybridized carbons (Fsp3) is 0.333. The first kappa shape index (κ1) is 19.9. The van der Waals surface area contributed by atoms with Crippen LogP contribution in [0.15, 0.2) is 52.3 Å². The van der Waals surface area contributed by atoms with Gasteiger partial charge in [-0.1, -0.05) is 18.2 Å². The van der Waals surface area contributed by atoms with Gasteiger partial charge in [-0.2, -0.15) is 8.61 Å². The monoisotopic (exact) mass is 412 g/mol. The van der Waals surface area contributed by atoms with E-state index in [-0.39, 0.29) is 36.0 Å². The Morgan fingerprint density at radius 1 is 0.815 bits per heavy atom. The number of aryl methyl sites for hydroxylation is 2. The molecule has 1 saturated heterocycles. The van der Waals surface area contributed by atoms with Crippen molar-refractivity contribution in [3.8, 4) is 0 Å². The van der Waals surface area contributed by atoms with Crippen LogP contribution < -0.4 is 0 Å². The third kappa shape index (κ3) is 3.91. The van der Waals surface area contributed by atoms with Gasteiger partial charge in [0.1, 0.15) is 5.82 Å². The Balaban J connectivity index is 1.80. The van der Waals surface area contributed by atoms with Crippen LogP contribution in [0.5, 0.6) is 0 Å². The summed E-state index contributed by atoms with van der Waals surface area (Å²) >= 11 is 0. The molecule has 0 amide bonds. The summed E-state index contributed by atoms with van der Waals surface area (Å²) in [7, 11) is -7.56. The minimum atomic E-state index is -3.86. The average Bonchev–Trinajstić information content (AvgIpc) is 2.63. The van der Waals surface area contributed by atoms with E-state index in [0.29, 0.717) is 5.56 Å². The molecule has 0 unspecified atom stereocenters. The van der Waals surface area contributed by atoms with Crippen LogP contribution in [0.25, 0.3) is 0 Å². The third-order valence-electron chi connectivity index (χ3n) is 4.59. The van der Waals surface area contributed by atoms with Gasteiger partial charge in [-0.05, 0) is 49.2 Å². The summed E-state index contributed by atoms with van der Waals surface area (Å²) in [5, 5.41) is 0. The summed E-state index contributed by atoms with van der Waals surface area (Å²) in [6, 6.07) is 10.0. The van der Waals surface area contributed by atoms with Gasteiger partial charge in [0.05, 0.1) is 9.79 Å². The molecule has 1 heterocycles. The fourth-order valence-corrected chi connectivity index (χ4v) is 6.24. The summed E-state index contributed by atoms with van der Waals surface area (Å²) in [6.07, 6.45) is 0. The zero-order valence-electron chi connectivity index (χ0n) is 15.1. The molecule has 0 aromatic heterocycles. The minimum Gasteiger partial charge on any atom is -0.207 e. The average molecular weight is 413 g/mol. The van der Waals surface area contributed by atoms with Crippen LogP contribution in [-0.4, -0.2) is 51.6 Å². The lowest BCUT2D eigenvalue weighted by Gasteiger charge is -2.33. The van der Waals surface area contributed by atoms with Crippen LogP contribution in [0.2, 0.25) is 0 Å². The minimum absolute atomic E-state index is 0.0168. The van der Waals surface area contributed by atoms with Crippen LogP contribution in [0.4, 0.5) is 4.39 Å². The van der Waals surface area contributed by atoms with E-state index in [1.807, 2.05) is 13.0 Å². The smallest absolute Gasteiger partial charge is 0.207 e. The van der Waals surface area contributed by atoms with Gasteiger partial charge < -0.3 is 0 Å². The predicted octanol–water partition coefficient (Wildman–Crippen LogP) is 2.14. The van der Waals surface area contributed by atoms with E-state index in [4.69, 9.17) is 0 Å². The molecule has 6 nitrogen and oxygen atoms in total. The van der Waals surface area contributed by atoms with Gasteiger partial charge >= 0.3 is 0 Å². The lowest BCUT2D eigenvalue weighted by molar-refractivity contribution is 0.272. The highest BCUT2D eigenvalue weighted by atomic mass is 32.2. The topological polar surface area (TPSA) is 74.8 Å². The molecule has 2 aromatic carbocycles. The maximum atomic E-state index is 13.4.